The molecule has 1 heteroatoms. The van der Waals surface area contributed by atoms with Gasteiger partial charge in [0.1, 0.15) is 0 Å². The van der Waals surface area contributed by atoms with Crippen LogP contribution in [0, 0.1) is 11.3 Å². The van der Waals surface area contributed by atoms with E-state index in [2.05, 4.69) is 81.4 Å². The molecule has 25 heavy (non-hydrogen) atoms. The predicted molar refractivity (Wildman–Crippen MR) is 107 cm³/mol. The summed E-state index contributed by atoms with van der Waals surface area (Å²) in [7, 11) is 0. The van der Waals surface area contributed by atoms with Gasteiger partial charge in [0.15, 0.2) is 0 Å². The maximum Gasteiger partial charge on any atom is 0.0625 e. The molecule has 0 heterocycles. The van der Waals surface area contributed by atoms with Crippen LogP contribution in [-0.4, -0.2) is 0 Å². The number of nitrogens with zero attached hydrogens (tertiary/aromatic N) is 1. The normalized spacial score (nSPS) is 14.9. The summed E-state index contributed by atoms with van der Waals surface area (Å²) in [5, 5.41) is 9.02. The summed E-state index contributed by atoms with van der Waals surface area (Å²) in [5.41, 5.74) is 9.29. The molecule has 0 aromatic heterocycles. The van der Waals surface area contributed by atoms with Crippen molar-refractivity contribution in [1.29, 1.82) is 5.26 Å². The van der Waals surface area contributed by atoms with Gasteiger partial charge in [-0.1, -0.05) is 69.3 Å². The Morgan fingerprint density at radius 1 is 0.960 bits per heavy atom. The molecule has 2 aromatic carbocycles. The molecule has 0 radical (unpaired) electrons. The number of hydrogen-bond acceptors (Lipinski definition) is 1. The highest BCUT2D eigenvalue weighted by atomic mass is 14.3. The Labute approximate surface area is 151 Å². The smallest absolute Gasteiger partial charge is 0.0625 e. The summed E-state index contributed by atoms with van der Waals surface area (Å²) in [5.74, 6) is 0.553. The van der Waals surface area contributed by atoms with Crippen molar-refractivity contribution in [2.75, 3.05) is 0 Å². The van der Waals surface area contributed by atoms with Crippen molar-refractivity contribution in [1.82, 2.24) is 0 Å². The minimum absolute atomic E-state index is 0.553. The van der Waals surface area contributed by atoms with Crippen LogP contribution < -0.4 is 0 Å². The Morgan fingerprint density at radius 2 is 1.64 bits per heavy atom. The summed E-state index contributed by atoms with van der Waals surface area (Å²) in [4.78, 5) is 0. The van der Waals surface area contributed by atoms with Gasteiger partial charge < -0.3 is 0 Å². The number of allylic oxidation sites excluding steroid dienone is 3. The van der Waals surface area contributed by atoms with Crippen molar-refractivity contribution >= 4 is 17.2 Å². The van der Waals surface area contributed by atoms with E-state index < -0.39 is 0 Å². The molecule has 0 unspecified atom stereocenters. The molecule has 2 aromatic rings. The first-order valence-electron chi connectivity index (χ1n) is 9.16. The van der Waals surface area contributed by atoms with E-state index in [4.69, 9.17) is 5.26 Å². The maximum atomic E-state index is 9.02. The van der Waals surface area contributed by atoms with E-state index >= 15 is 0 Å². The van der Waals surface area contributed by atoms with Gasteiger partial charge in [-0.15, -0.1) is 0 Å². The Kier molecular flexibility index (Phi) is 5.19. The molecule has 0 amide bonds. The second-order valence-electron chi connectivity index (χ2n) is 6.89. The van der Waals surface area contributed by atoms with Crippen molar-refractivity contribution in [3.8, 4) is 6.07 Å². The van der Waals surface area contributed by atoms with Crippen molar-refractivity contribution in [2.45, 2.75) is 46.0 Å². The van der Waals surface area contributed by atoms with Crippen LogP contribution in [0.5, 0.6) is 0 Å². The molecule has 3 rings (SSSR count). The number of rotatable bonds is 5. The molecular weight excluding hydrogens is 302 g/mol. The van der Waals surface area contributed by atoms with Crippen LogP contribution in [0.15, 0.2) is 54.1 Å². The average Bonchev–Trinajstić information content (AvgIpc) is 2.93. The van der Waals surface area contributed by atoms with Crippen LogP contribution in [0.2, 0.25) is 0 Å². The summed E-state index contributed by atoms with van der Waals surface area (Å²) in [6.07, 6.45) is 4.70. The first-order chi connectivity index (χ1) is 12.2. The second-order valence-corrected chi connectivity index (χ2v) is 6.89. The third-order valence-corrected chi connectivity index (χ3v) is 4.99. The summed E-state index contributed by atoms with van der Waals surface area (Å²) in [6.45, 7) is 6.66. The lowest BCUT2D eigenvalue weighted by atomic mass is 9.96. The van der Waals surface area contributed by atoms with E-state index in [-0.39, 0.29) is 0 Å². The lowest BCUT2D eigenvalue weighted by molar-refractivity contribution is 0.866. The Balaban J connectivity index is 2.07. The second kappa shape index (κ2) is 7.53. The molecule has 0 N–H and O–H groups in total. The van der Waals surface area contributed by atoms with Gasteiger partial charge in [-0.25, -0.2) is 0 Å². The molecule has 0 atom stereocenters. The fraction of sp³-hybridized carbons (Fsp3) is 0.292. The largest absolute Gasteiger partial charge is 0.198 e. The van der Waals surface area contributed by atoms with E-state index in [9.17, 15) is 0 Å². The van der Waals surface area contributed by atoms with Gasteiger partial charge in [0.05, 0.1) is 6.07 Å². The molecule has 1 nitrogen and oxygen atoms in total. The summed E-state index contributed by atoms with van der Waals surface area (Å²) >= 11 is 0. The first kappa shape index (κ1) is 17.2. The van der Waals surface area contributed by atoms with Gasteiger partial charge >= 0.3 is 0 Å². The standard InChI is InChI=1S/C24H25N/c1-4-20-21(10-7-15-25)22-8-5-6-9-23(22)24(20)16-18-11-13-19(14-12-18)17(2)3/h5-6,8-9,11-14,16-17H,4,7,10H2,1-3H3. The Hall–Kier alpha value is -2.59. The van der Waals surface area contributed by atoms with Gasteiger partial charge in [-0.2, -0.15) is 5.26 Å². The van der Waals surface area contributed by atoms with E-state index in [0.29, 0.717) is 12.3 Å². The highest BCUT2D eigenvalue weighted by Crippen LogP contribution is 2.45. The lowest BCUT2D eigenvalue weighted by Crippen LogP contribution is -1.88. The number of nitriles is 1. The van der Waals surface area contributed by atoms with Crippen molar-refractivity contribution in [3.05, 3.63) is 76.4 Å². The molecule has 0 fully saturated rings. The van der Waals surface area contributed by atoms with Gasteiger partial charge in [0.2, 0.25) is 0 Å². The minimum Gasteiger partial charge on any atom is -0.198 e. The van der Waals surface area contributed by atoms with Crippen molar-refractivity contribution < 1.29 is 0 Å². The van der Waals surface area contributed by atoms with Crippen LogP contribution in [0.25, 0.3) is 17.2 Å². The molecule has 0 spiro atoms. The zero-order valence-electron chi connectivity index (χ0n) is 15.3. The SMILES string of the molecule is CCC1=C(CCC#N)c2ccccc2C1=Cc1ccc(C(C)C)cc1. The molecule has 126 valence electrons. The molecule has 0 aliphatic heterocycles. The highest BCUT2D eigenvalue weighted by molar-refractivity contribution is 6.05. The van der Waals surface area contributed by atoms with Gasteiger partial charge in [-0.3, -0.25) is 0 Å². The summed E-state index contributed by atoms with van der Waals surface area (Å²) < 4.78 is 0. The lowest BCUT2D eigenvalue weighted by Gasteiger charge is -2.08. The number of fused-ring (bicyclic) bond motifs is 1. The third-order valence-electron chi connectivity index (χ3n) is 4.99. The predicted octanol–water partition coefficient (Wildman–Crippen LogP) is 6.83. The maximum absolute atomic E-state index is 9.02. The highest BCUT2D eigenvalue weighted by Gasteiger charge is 2.24. The van der Waals surface area contributed by atoms with Crippen LogP contribution >= 0.6 is 0 Å². The van der Waals surface area contributed by atoms with Crippen LogP contribution in [0.1, 0.15) is 68.2 Å². The number of benzene rings is 2. The zero-order chi connectivity index (χ0) is 17.8. The van der Waals surface area contributed by atoms with E-state index in [1.807, 2.05) is 0 Å². The fourth-order valence-electron chi connectivity index (χ4n) is 3.65. The topological polar surface area (TPSA) is 23.8 Å². The molecule has 0 saturated heterocycles. The molecule has 1 aliphatic rings. The third kappa shape index (κ3) is 3.44. The fourth-order valence-corrected chi connectivity index (χ4v) is 3.65. The number of hydrogen-bond donors (Lipinski definition) is 0. The van der Waals surface area contributed by atoms with Gasteiger partial charge in [0.25, 0.3) is 0 Å². The molecule has 0 bridgehead atoms. The van der Waals surface area contributed by atoms with E-state index in [0.717, 1.165) is 12.8 Å². The van der Waals surface area contributed by atoms with Crippen LogP contribution in [0.3, 0.4) is 0 Å². The minimum atomic E-state index is 0.553. The molecule has 0 saturated carbocycles. The molecule has 1 aliphatic carbocycles. The zero-order valence-corrected chi connectivity index (χ0v) is 15.3. The van der Waals surface area contributed by atoms with E-state index in [1.54, 1.807) is 0 Å². The van der Waals surface area contributed by atoms with Gasteiger partial charge in [0, 0.05) is 6.42 Å². The Bertz CT molecular complexity index is 858. The van der Waals surface area contributed by atoms with Crippen LogP contribution in [0.4, 0.5) is 0 Å². The van der Waals surface area contributed by atoms with Crippen molar-refractivity contribution in [2.24, 2.45) is 0 Å². The monoisotopic (exact) mass is 327 g/mol. The molecular formula is C24H25N. The Morgan fingerprint density at radius 3 is 2.24 bits per heavy atom. The first-order valence-corrected chi connectivity index (χ1v) is 9.16. The van der Waals surface area contributed by atoms with Crippen molar-refractivity contribution in [3.63, 3.8) is 0 Å². The summed E-state index contributed by atoms with van der Waals surface area (Å²) in [6, 6.07) is 19.8. The van der Waals surface area contributed by atoms with Gasteiger partial charge in [-0.05, 0) is 63.8 Å². The average molecular weight is 327 g/mol. The van der Waals surface area contributed by atoms with Crippen LogP contribution in [-0.2, 0) is 0 Å². The quantitative estimate of drug-likeness (QED) is 0.590. The van der Waals surface area contributed by atoms with E-state index in [1.165, 1.54) is 39.0 Å².